The van der Waals surface area contributed by atoms with Gasteiger partial charge in [0.25, 0.3) is 0 Å². The van der Waals surface area contributed by atoms with Gasteiger partial charge < -0.3 is 19.5 Å². The zero-order chi connectivity index (χ0) is 18.7. The fourth-order valence-electron chi connectivity index (χ4n) is 3.05. The van der Waals surface area contributed by atoms with E-state index in [4.69, 9.17) is 9.52 Å². The lowest BCUT2D eigenvalue weighted by Gasteiger charge is -2.35. The summed E-state index contributed by atoms with van der Waals surface area (Å²) < 4.78 is 5.40. The Kier molecular flexibility index (Phi) is 5.39. The van der Waals surface area contributed by atoms with Gasteiger partial charge in [-0.1, -0.05) is 0 Å². The molecule has 7 nitrogen and oxygen atoms in total. The van der Waals surface area contributed by atoms with E-state index in [2.05, 4.69) is 9.80 Å². The molecule has 2 aromatic rings. The smallest absolute Gasteiger partial charge is 0.227 e. The number of ketones is 1. The zero-order valence-corrected chi connectivity index (χ0v) is 14.6. The Balaban J connectivity index is 1.63. The van der Waals surface area contributed by atoms with Gasteiger partial charge in [0.05, 0.1) is 6.54 Å². The van der Waals surface area contributed by atoms with Crippen LogP contribution in [-0.2, 0) is 13.2 Å². The van der Waals surface area contributed by atoms with Gasteiger partial charge in [0.1, 0.15) is 12.4 Å². The first-order valence-electron chi connectivity index (χ1n) is 8.52. The van der Waals surface area contributed by atoms with Crippen LogP contribution in [0.5, 0.6) is 5.75 Å². The van der Waals surface area contributed by atoms with E-state index in [1.165, 1.54) is 0 Å². The molecule has 1 aromatic heterocycles. The quantitative estimate of drug-likeness (QED) is 0.780. The minimum absolute atomic E-state index is 0.0489. The van der Waals surface area contributed by atoms with Crippen molar-refractivity contribution in [1.29, 1.82) is 0 Å². The number of carbonyl (C=O) groups is 1. The Bertz CT molecular complexity index is 836. The number of hydrogen-bond donors (Lipinski definition) is 2. The summed E-state index contributed by atoms with van der Waals surface area (Å²) in [5.41, 5.74) is 1.22. The second-order valence-electron chi connectivity index (χ2n) is 6.37. The third kappa shape index (κ3) is 3.95. The lowest BCUT2D eigenvalue weighted by Crippen LogP contribution is -2.46. The summed E-state index contributed by atoms with van der Waals surface area (Å²) >= 11 is 0. The van der Waals surface area contributed by atoms with Crippen molar-refractivity contribution in [3.05, 3.63) is 57.6 Å². The summed E-state index contributed by atoms with van der Waals surface area (Å²) in [6.45, 7) is 4.52. The molecule has 0 saturated carbocycles. The number of hydrogen-bond acceptors (Lipinski definition) is 7. The molecule has 0 unspecified atom stereocenters. The molecule has 0 radical (unpaired) electrons. The predicted octanol–water partition coefficient (Wildman–Crippen LogP) is 1.36. The van der Waals surface area contributed by atoms with Crippen LogP contribution in [0.25, 0.3) is 0 Å². The molecule has 1 aromatic carbocycles. The molecule has 0 bridgehead atoms. The Morgan fingerprint density at radius 2 is 1.81 bits per heavy atom. The monoisotopic (exact) mass is 358 g/mol. The van der Waals surface area contributed by atoms with Gasteiger partial charge in [-0.2, -0.15) is 0 Å². The van der Waals surface area contributed by atoms with Crippen molar-refractivity contribution in [3.63, 3.8) is 0 Å². The molecule has 0 amide bonds. The van der Waals surface area contributed by atoms with E-state index in [0.717, 1.165) is 37.9 Å². The fourth-order valence-corrected chi connectivity index (χ4v) is 3.05. The summed E-state index contributed by atoms with van der Waals surface area (Å²) in [6, 6.07) is 8.65. The summed E-state index contributed by atoms with van der Waals surface area (Å²) in [4.78, 5) is 27.4. The van der Waals surface area contributed by atoms with Crippen molar-refractivity contribution in [3.8, 4) is 5.75 Å². The standard InChI is InChI=1S/C19H22N2O5/c1-13(23)14-2-4-15(5-3-14)21-8-6-20(7-9-21)11-18-19(25)17(24)10-16(12-22)26-18/h2-5,10,22,25H,6-9,11-12H2,1H3. The van der Waals surface area contributed by atoms with Gasteiger partial charge >= 0.3 is 0 Å². The van der Waals surface area contributed by atoms with Crippen LogP contribution in [0, 0.1) is 0 Å². The highest BCUT2D eigenvalue weighted by Crippen LogP contribution is 2.20. The van der Waals surface area contributed by atoms with Crippen LogP contribution in [-0.4, -0.2) is 47.1 Å². The zero-order valence-electron chi connectivity index (χ0n) is 14.6. The van der Waals surface area contributed by atoms with Crippen LogP contribution in [0.2, 0.25) is 0 Å². The van der Waals surface area contributed by atoms with Gasteiger partial charge in [0.15, 0.2) is 11.5 Å². The second kappa shape index (κ2) is 7.72. The van der Waals surface area contributed by atoms with Crippen LogP contribution in [0.15, 0.2) is 39.5 Å². The summed E-state index contributed by atoms with van der Waals surface area (Å²) in [6.07, 6.45) is 0. The van der Waals surface area contributed by atoms with E-state index < -0.39 is 11.2 Å². The van der Waals surface area contributed by atoms with Gasteiger partial charge in [0, 0.05) is 43.5 Å². The molecule has 2 heterocycles. The fraction of sp³-hybridized carbons (Fsp3) is 0.368. The maximum atomic E-state index is 11.7. The maximum absolute atomic E-state index is 11.7. The molecule has 26 heavy (non-hydrogen) atoms. The molecule has 0 atom stereocenters. The number of piperazine rings is 1. The van der Waals surface area contributed by atoms with Gasteiger partial charge in [-0.05, 0) is 31.2 Å². The van der Waals surface area contributed by atoms with Crippen LogP contribution in [0.1, 0.15) is 28.8 Å². The Labute approximate surface area is 151 Å². The highest BCUT2D eigenvalue weighted by molar-refractivity contribution is 5.94. The molecule has 7 heteroatoms. The minimum Gasteiger partial charge on any atom is -0.502 e. The molecular weight excluding hydrogens is 336 g/mol. The van der Waals surface area contributed by atoms with E-state index >= 15 is 0 Å². The predicted molar refractivity (Wildman–Crippen MR) is 96.5 cm³/mol. The molecule has 1 aliphatic heterocycles. The van der Waals surface area contributed by atoms with E-state index in [9.17, 15) is 14.7 Å². The lowest BCUT2D eigenvalue weighted by atomic mass is 10.1. The lowest BCUT2D eigenvalue weighted by molar-refractivity contribution is 0.101. The average molecular weight is 358 g/mol. The van der Waals surface area contributed by atoms with Gasteiger partial charge in [0.2, 0.25) is 11.2 Å². The number of rotatable bonds is 5. The first kappa shape index (κ1) is 18.2. The number of aliphatic hydroxyl groups is 1. The van der Waals surface area contributed by atoms with Crippen molar-refractivity contribution < 1.29 is 19.4 Å². The average Bonchev–Trinajstić information content (AvgIpc) is 2.66. The minimum atomic E-state index is -0.542. The first-order chi connectivity index (χ1) is 12.5. The summed E-state index contributed by atoms with van der Waals surface area (Å²) in [5, 5.41) is 19.0. The molecule has 138 valence electrons. The Morgan fingerprint density at radius 3 is 2.38 bits per heavy atom. The normalized spacial score (nSPS) is 15.2. The number of anilines is 1. The molecule has 1 aliphatic rings. The number of aromatic hydroxyl groups is 1. The molecule has 1 fully saturated rings. The SMILES string of the molecule is CC(=O)c1ccc(N2CCN(Cc3oc(CO)cc(=O)c3O)CC2)cc1. The Hall–Kier alpha value is -2.64. The topological polar surface area (TPSA) is 94.2 Å². The van der Waals surface area contributed by atoms with Crippen molar-refractivity contribution in [2.75, 3.05) is 31.1 Å². The largest absolute Gasteiger partial charge is 0.502 e. The third-order valence-electron chi connectivity index (χ3n) is 4.58. The summed E-state index contributed by atoms with van der Waals surface area (Å²) in [7, 11) is 0. The van der Waals surface area contributed by atoms with Crippen LogP contribution < -0.4 is 10.3 Å². The van der Waals surface area contributed by atoms with Crippen molar-refractivity contribution >= 4 is 11.5 Å². The molecular formula is C19H22N2O5. The molecule has 0 aliphatic carbocycles. The molecule has 3 rings (SSSR count). The second-order valence-corrected chi connectivity index (χ2v) is 6.37. The number of aliphatic hydroxyl groups excluding tert-OH is 1. The number of nitrogens with zero attached hydrogens (tertiary/aromatic N) is 2. The van der Waals surface area contributed by atoms with Gasteiger partial charge in [-0.15, -0.1) is 0 Å². The highest BCUT2D eigenvalue weighted by Gasteiger charge is 2.20. The number of carbonyl (C=O) groups excluding carboxylic acids is 1. The van der Waals surface area contributed by atoms with Gasteiger partial charge in [-0.25, -0.2) is 0 Å². The number of Topliss-reactive ketones (excluding diaryl/α,β-unsaturated/α-hetero) is 1. The van der Waals surface area contributed by atoms with E-state index in [1.807, 2.05) is 24.3 Å². The van der Waals surface area contributed by atoms with Crippen LogP contribution in [0.3, 0.4) is 0 Å². The number of benzene rings is 1. The van der Waals surface area contributed by atoms with Crippen LogP contribution >= 0.6 is 0 Å². The highest BCUT2D eigenvalue weighted by atomic mass is 16.4. The van der Waals surface area contributed by atoms with Crippen LogP contribution in [0.4, 0.5) is 5.69 Å². The molecule has 2 N–H and O–H groups in total. The van der Waals surface area contributed by atoms with E-state index in [1.54, 1.807) is 6.92 Å². The van der Waals surface area contributed by atoms with Crippen molar-refractivity contribution in [1.82, 2.24) is 4.90 Å². The van der Waals surface area contributed by atoms with Crippen molar-refractivity contribution in [2.45, 2.75) is 20.1 Å². The van der Waals surface area contributed by atoms with E-state index in [-0.39, 0.29) is 23.9 Å². The summed E-state index contributed by atoms with van der Waals surface area (Å²) in [5.74, 6) is -0.0231. The third-order valence-corrected chi connectivity index (χ3v) is 4.58. The maximum Gasteiger partial charge on any atom is 0.227 e. The van der Waals surface area contributed by atoms with E-state index in [0.29, 0.717) is 12.1 Å². The van der Waals surface area contributed by atoms with Crippen molar-refractivity contribution in [2.24, 2.45) is 0 Å². The Morgan fingerprint density at radius 1 is 1.15 bits per heavy atom. The molecule has 1 saturated heterocycles. The van der Waals surface area contributed by atoms with Gasteiger partial charge in [-0.3, -0.25) is 14.5 Å². The first-order valence-corrected chi connectivity index (χ1v) is 8.52. The molecule has 0 spiro atoms.